The lowest BCUT2D eigenvalue weighted by molar-refractivity contribution is 0.253. The van der Waals surface area contributed by atoms with Gasteiger partial charge in [0.15, 0.2) is 0 Å². The Bertz CT molecular complexity index is 707. The number of nitrogens with one attached hydrogen (secondary N) is 2. The van der Waals surface area contributed by atoms with E-state index in [1.807, 2.05) is 6.07 Å². The number of anilines is 1. The summed E-state index contributed by atoms with van der Waals surface area (Å²) in [7, 11) is 0. The molecule has 0 saturated carbocycles. The summed E-state index contributed by atoms with van der Waals surface area (Å²) in [5, 5.41) is 5.53. The van der Waals surface area contributed by atoms with Gasteiger partial charge in [-0.25, -0.2) is 9.18 Å². The zero-order valence-corrected chi connectivity index (χ0v) is 11.7. The summed E-state index contributed by atoms with van der Waals surface area (Å²) in [6.45, 7) is 0.146. The van der Waals surface area contributed by atoms with Gasteiger partial charge in [0.05, 0.1) is 12.2 Å². The molecule has 0 atom stereocenters. The van der Waals surface area contributed by atoms with Crippen molar-refractivity contribution in [3.8, 4) is 11.8 Å². The average molecular weight is 303 g/mol. The molecule has 0 aliphatic rings. The number of hydrogen-bond donors (Lipinski definition) is 2. The van der Waals surface area contributed by atoms with Crippen LogP contribution in [0.5, 0.6) is 0 Å². The van der Waals surface area contributed by atoms with Gasteiger partial charge < -0.3 is 10.6 Å². The van der Waals surface area contributed by atoms with Gasteiger partial charge in [-0.15, -0.1) is 0 Å². The zero-order valence-electron chi connectivity index (χ0n) is 11.0. The number of hydrogen-bond acceptors (Lipinski definition) is 1. The number of amides is 2. The van der Waals surface area contributed by atoms with Crippen LogP contribution in [0.2, 0.25) is 5.02 Å². The first kappa shape index (κ1) is 14.9. The van der Waals surface area contributed by atoms with Gasteiger partial charge in [0.2, 0.25) is 0 Å². The Morgan fingerprint density at radius 1 is 1.19 bits per heavy atom. The molecule has 0 saturated heterocycles. The molecule has 0 unspecified atom stereocenters. The normalized spacial score (nSPS) is 9.43. The minimum atomic E-state index is -0.513. The molecule has 3 nitrogen and oxygen atoms in total. The van der Waals surface area contributed by atoms with Crippen LogP contribution in [-0.2, 0) is 0 Å². The highest BCUT2D eigenvalue weighted by Gasteiger charge is 2.03. The summed E-state index contributed by atoms with van der Waals surface area (Å²) in [5.41, 5.74) is 0.886. The molecule has 2 rings (SSSR count). The topological polar surface area (TPSA) is 41.1 Å². The van der Waals surface area contributed by atoms with Crippen LogP contribution in [-0.4, -0.2) is 12.6 Å². The molecule has 2 amide bonds. The molecule has 0 radical (unpaired) electrons. The zero-order chi connectivity index (χ0) is 15.1. The molecule has 0 aromatic heterocycles. The van der Waals surface area contributed by atoms with Gasteiger partial charge in [0.1, 0.15) is 5.82 Å². The molecule has 0 heterocycles. The maximum atomic E-state index is 13.3. The predicted octanol–water partition coefficient (Wildman–Crippen LogP) is 3.65. The Kier molecular flexibility index (Phi) is 5.19. The Hall–Kier alpha value is -2.51. The van der Waals surface area contributed by atoms with E-state index in [9.17, 15) is 9.18 Å². The van der Waals surface area contributed by atoms with Crippen LogP contribution in [0.3, 0.4) is 0 Å². The van der Waals surface area contributed by atoms with Crippen LogP contribution in [0, 0.1) is 17.7 Å². The van der Waals surface area contributed by atoms with Crippen LogP contribution in [0.25, 0.3) is 0 Å². The van der Waals surface area contributed by atoms with Crippen LogP contribution in [0.4, 0.5) is 14.9 Å². The number of urea groups is 1. The molecular weight excluding hydrogens is 291 g/mol. The molecule has 106 valence electrons. The SMILES string of the molecule is O=C(NCC#Cc1cccc(Cl)c1)Nc1ccccc1F. The van der Waals surface area contributed by atoms with E-state index in [1.165, 1.54) is 12.1 Å². The molecule has 2 aromatic rings. The third-order valence-corrected chi connectivity index (χ3v) is 2.75. The molecular formula is C16H12ClFN2O. The summed E-state index contributed by atoms with van der Waals surface area (Å²) in [6, 6.07) is 12.5. The van der Waals surface area contributed by atoms with Crippen molar-refractivity contribution in [1.29, 1.82) is 0 Å². The van der Waals surface area contributed by atoms with E-state index in [-0.39, 0.29) is 12.2 Å². The van der Waals surface area contributed by atoms with Gasteiger partial charge in [-0.3, -0.25) is 0 Å². The maximum absolute atomic E-state index is 13.3. The summed E-state index contributed by atoms with van der Waals surface area (Å²) in [4.78, 5) is 11.6. The van der Waals surface area contributed by atoms with Crippen molar-refractivity contribution in [2.24, 2.45) is 0 Å². The first-order chi connectivity index (χ1) is 10.1. The van der Waals surface area contributed by atoms with E-state index in [2.05, 4.69) is 22.5 Å². The van der Waals surface area contributed by atoms with Gasteiger partial charge in [0, 0.05) is 10.6 Å². The fourth-order valence-corrected chi connectivity index (χ4v) is 1.76. The van der Waals surface area contributed by atoms with Crippen molar-refractivity contribution >= 4 is 23.3 Å². The van der Waals surface area contributed by atoms with Gasteiger partial charge >= 0.3 is 6.03 Å². The van der Waals surface area contributed by atoms with Gasteiger partial charge in [-0.2, -0.15) is 0 Å². The Balaban J connectivity index is 1.84. The van der Waals surface area contributed by atoms with Crippen LogP contribution in [0.15, 0.2) is 48.5 Å². The highest BCUT2D eigenvalue weighted by Crippen LogP contribution is 2.11. The van der Waals surface area contributed by atoms with E-state index in [0.29, 0.717) is 5.02 Å². The first-order valence-electron chi connectivity index (χ1n) is 6.19. The maximum Gasteiger partial charge on any atom is 0.320 e. The van der Waals surface area contributed by atoms with Crippen LogP contribution < -0.4 is 10.6 Å². The average Bonchev–Trinajstić information content (AvgIpc) is 2.46. The quantitative estimate of drug-likeness (QED) is 0.817. The third kappa shape index (κ3) is 4.83. The third-order valence-electron chi connectivity index (χ3n) is 2.52. The number of para-hydroxylation sites is 1. The number of carbonyl (C=O) groups is 1. The molecule has 0 spiro atoms. The van der Waals surface area contributed by atoms with Crippen molar-refractivity contribution < 1.29 is 9.18 Å². The molecule has 0 aliphatic heterocycles. The molecule has 5 heteroatoms. The predicted molar refractivity (Wildman–Crippen MR) is 81.8 cm³/mol. The number of benzene rings is 2. The van der Waals surface area contributed by atoms with Gasteiger partial charge in [-0.05, 0) is 30.3 Å². The molecule has 21 heavy (non-hydrogen) atoms. The smallest absolute Gasteiger partial charge is 0.320 e. The van der Waals surface area contributed by atoms with Crippen LogP contribution >= 0.6 is 11.6 Å². The largest absolute Gasteiger partial charge is 0.327 e. The van der Waals surface area contributed by atoms with Crippen molar-refractivity contribution in [1.82, 2.24) is 5.32 Å². The van der Waals surface area contributed by atoms with Crippen molar-refractivity contribution in [2.75, 3.05) is 11.9 Å². The van der Waals surface area contributed by atoms with E-state index >= 15 is 0 Å². The Morgan fingerprint density at radius 3 is 2.76 bits per heavy atom. The second kappa shape index (κ2) is 7.32. The fourth-order valence-electron chi connectivity index (χ4n) is 1.57. The van der Waals surface area contributed by atoms with Crippen LogP contribution in [0.1, 0.15) is 5.56 Å². The summed E-state index contributed by atoms with van der Waals surface area (Å²) in [5.74, 6) is 5.16. The lowest BCUT2D eigenvalue weighted by Crippen LogP contribution is -2.29. The lowest BCUT2D eigenvalue weighted by Gasteiger charge is -2.05. The minimum absolute atomic E-state index is 0.123. The van der Waals surface area contributed by atoms with E-state index in [4.69, 9.17) is 11.6 Å². The Morgan fingerprint density at radius 2 is 2.00 bits per heavy atom. The second-order valence-electron chi connectivity index (χ2n) is 4.10. The monoisotopic (exact) mass is 302 g/mol. The van der Waals surface area contributed by atoms with E-state index < -0.39 is 11.8 Å². The lowest BCUT2D eigenvalue weighted by atomic mass is 10.2. The number of halogens is 2. The van der Waals surface area contributed by atoms with E-state index in [0.717, 1.165) is 5.56 Å². The first-order valence-corrected chi connectivity index (χ1v) is 6.57. The molecule has 0 aliphatic carbocycles. The molecule has 0 fully saturated rings. The van der Waals surface area contributed by atoms with Gasteiger partial charge in [-0.1, -0.05) is 41.6 Å². The molecule has 0 bridgehead atoms. The molecule has 2 N–H and O–H groups in total. The van der Waals surface area contributed by atoms with E-state index in [1.54, 1.807) is 30.3 Å². The van der Waals surface area contributed by atoms with Crippen molar-refractivity contribution in [2.45, 2.75) is 0 Å². The second-order valence-corrected chi connectivity index (χ2v) is 4.54. The summed E-state index contributed by atoms with van der Waals surface area (Å²) >= 11 is 5.83. The molecule has 2 aromatic carbocycles. The minimum Gasteiger partial charge on any atom is -0.327 e. The summed E-state index contributed by atoms with van der Waals surface area (Å²) < 4.78 is 13.3. The standard InChI is InChI=1S/C16H12ClFN2O/c17-13-7-3-5-12(11-13)6-4-10-19-16(21)20-15-9-2-1-8-14(15)18/h1-3,5,7-9,11H,10H2,(H2,19,20,21). The highest BCUT2D eigenvalue weighted by molar-refractivity contribution is 6.30. The van der Waals surface area contributed by atoms with Crippen molar-refractivity contribution in [3.63, 3.8) is 0 Å². The summed E-state index contributed by atoms with van der Waals surface area (Å²) in [6.07, 6.45) is 0. The number of rotatable bonds is 2. The fraction of sp³-hybridized carbons (Fsp3) is 0.0625. The highest BCUT2D eigenvalue weighted by atomic mass is 35.5. The Labute approximate surface area is 127 Å². The number of carbonyl (C=O) groups excluding carboxylic acids is 1. The van der Waals surface area contributed by atoms with Gasteiger partial charge in [0.25, 0.3) is 0 Å². The van der Waals surface area contributed by atoms with Crippen molar-refractivity contribution in [3.05, 3.63) is 64.9 Å².